The zero-order valence-corrected chi connectivity index (χ0v) is 10.7. The molecular formula is C13H12F3NO3. The van der Waals surface area contributed by atoms with Gasteiger partial charge in [-0.05, 0) is 32.0 Å². The first-order chi connectivity index (χ1) is 9.08. The van der Waals surface area contributed by atoms with Crippen molar-refractivity contribution in [2.75, 3.05) is 0 Å². The zero-order valence-electron chi connectivity index (χ0n) is 10.7. The van der Waals surface area contributed by atoms with Gasteiger partial charge in [-0.1, -0.05) is 0 Å². The van der Waals surface area contributed by atoms with Crippen molar-refractivity contribution in [2.45, 2.75) is 25.7 Å². The molecule has 0 bridgehead atoms. The SMILES string of the molecule is CC1(C)N/C(=C\C(=O)O)c2ccc(C(F)(F)F)cc2O1. The Kier molecular flexibility index (Phi) is 3.15. The van der Waals surface area contributed by atoms with Gasteiger partial charge < -0.3 is 15.2 Å². The average molecular weight is 287 g/mol. The fraction of sp³-hybridized carbons (Fsp3) is 0.308. The number of hydrogen-bond acceptors (Lipinski definition) is 3. The third-order valence-corrected chi connectivity index (χ3v) is 2.67. The molecule has 1 heterocycles. The van der Waals surface area contributed by atoms with E-state index in [4.69, 9.17) is 9.84 Å². The third-order valence-electron chi connectivity index (χ3n) is 2.67. The van der Waals surface area contributed by atoms with Crippen molar-refractivity contribution >= 4 is 11.7 Å². The van der Waals surface area contributed by atoms with Crippen LogP contribution in [0.4, 0.5) is 13.2 Å². The number of carbonyl (C=O) groups is 1. The van der Waals surface area contributed by atoms with Crippen LogP contribution < -0.4 is 10.1 Å². The van der Waals surface area contributed by atoms with Gasteiger partial charge in [0, 0.05) is 11.6 Å². The molecule has 108 valence electrons. The van der Waals surface area contributed by atoms with Crippen molar-refractivity contribution in [1.82, 2.24) is 5.32 Å². The van der Waals surface area contributed by atoms with Crippen LogP contribution >= 0.6 is 0 Å². The van der Waals surface area contributed by atoms with E-state index in [-0.39, 0.29) is 17.0 Å². The molecule has 0 aliphatic carbocycles. The number of nitrogens with one attached hydrogen (secondary N) is 1. The van der Waals surface area contributed by atoms with E-state index in [9.17, 15) is 18.0 Å². The fourth-order valence-corrected chi connectivity index (χ4v) is 1.93. The van der Waals surface area contributed by atoms with Crippen molar-refractivity contribution < 1.29 is 27.8 Å². The van der Waals surface area contributed by atoms with E-state index < -0.39 is 23.4 Å². The van der Waals surface area contributed by atoms with Gasteiger partial charge in [-0.2, -0.15) is 13.2 Å². The smallest absolute Gasteiger partial charge is 0.416 e. The number of alkyl halides is 3. The summed E-state index contributed by atoms with van der Waals surface area (Å²) in [4.78, 5) is 10.8. The summed E-state index contributed by atoms with van der Waals surface area (Å²) in [5, 5.41) is 11.6. The van der Waals surface area contributed by atoms with E-state index in [1.165, 1.54) is 6.07 Å². The van der Waals surface area contributed by atoms with Crippen LogP contribution in [0.3, 0.4) is 0 Å². The molecule has 0 aromatic heterocycles. The zero-order chi connectivity index (χ0) is 15.1. The Labute approximate surface area is 112 Å². The van der Waals surface area contributed by atoms with Crippen molar-refractivity contribution in [2.24, 2.45) is 0 Å². The largest absolute Gasteiger partial charge is 0.478 e. The van der Waals surface area contributed by atoms with Gasteiger partial charge in [-0.15, -0.1) is 0 Å². The summed E-state index contributed by atoms with van der Waals surface area (Å²) in [6.45, 7) is 3.18. The minimum atomic E-state index is -4.48. The number of fused-ring (bicyclic) bond motifs is 1. The summed E-state index contributed by atoms with van der Waals surface area (Å²) in [6, 6.07) is 2.95. The van der Waals surface area contributed by atoms with Gasteiger partial charge in [0.05, 0.1) is 11.3 Å². The molecule has 2 rings (SSSR count). The Balaban J connectivity index is 2.56. The standard InChI is InChI=1S/C13H12F3NO3/c1-12(2)17-9(6-11(18)19)8-4-3-7(13(14,15)16)5-10(8)20-12/h3-6,17H,1-2H3,(H,18,19)/b9-6-. The van der Waals surface area contributed by atoms with Crippen molar-refractivity contribution in [3.63, 3.8) is 0 Å². The van der Waals surface area contributed by atoms with Gasteiger partial charge in [0.15, 0.2) is 5.72 Å². The lowest BCUT2D eigenvalue weighted by Gasteiger charge is -2.36. The van der Waals surface area contributed by atoms with Gasteiger partial charge in [-0.25, -0.2) is 4.79 Å². The van der Waals surface area contributed by atoms with E-state index in [1.54, 1.807) is 13.8 Å². The topological polar surface area (TPSA) is 58.6 Å². The van der Waals surface area contributed by atoms with Crippen LogP contribution in [0.15, 0.2) is 24.3 Å². The number of rotatable bonds is 1. The van der Waals surface area contributed by atoms with Gasteiger partial charge in [0.25, 0.3) is 0 Å². The molecule has 1 aliphatic rings. The van der Waals surface area contributed by atoms with E-state index in [0.717, 1.165) is 18.2 Å². The second-order valence-corrected chi connectivity index (χ2v) is 4.84. The van der Waals surface area contributed by atoms with Crippen LogP contribution in [0.1, 0.15) is 25.0 Å². The lowest BCUT2D eigenvalue weighted by Crippen LogP contribution is -2.46. The number of hydrogen-bond donors (Lipinski definition) is 2. The monoisotopic (exact) mass is 287 g/mol. The van der Waals surface area contributed by atoms with E-state index >= 15 is 0 Å². The van der Waals surface area contributed by atoms with Gasteiger partial charge >= 0.3 is 12.1 Å². The summed E-state index contributed by atoms with van der Waals surface area (Å²) >= 11 is 0. The Morgan fingerprint density at radius 3 is 2.60 bits per heavy atom. The molecule has 0 saturated carbocycles. The lowest BCUT2D eigenvalue weighted by atomic mass is 10.0. The maximum Gasteiger partial charge on any atom is 0.416 e. The summed E-state index contributed by atoms with van der Waals surface area (Å²) < 4.78 is 43.5. The van der Waals surface area contributed by atoms with Crippen LogP contribution in [0.2, 0.25) is 0 Å². The Morgan fingerprint density at radius 2 is 2.05 bits per heavy atom. The van der Waals surface area contributed by atoms with Crippen LogP contribution in [0, 0.1) is 0 Å². The molecule has 0 spiro atoms. The molecule has 0 saturated heterocycles. The highest BCUT2D eigenvalue weighted by atomic mass is 19.4. The fourth-order valence-electron chi connectivity index (χ4n) is 1.93. The highest BCUT2D eigenvalue weighted by molar-refractivity contribution is 5.91. The molecule has 1 aromatic rings. The molecular weight excluding hydrogens is 275 g/mol. The lowest BCUT2D eigenvalue weighted by molar-refractivity contribution is -0.138. The Bertz CT molecular complexity index is 591. The quantitative estimate of drug-likeness (QED) is 0.780. The number of carboxylic acid groups (broad SMARTS) is 1. The number of ether oxygens (including phenoxy) is 1. The molecule has 0 atom stereocenters. The first-order valence-corrected chi connectivity index (χ1v) is 5.72. The predicted molar refractivity (Wildman–Crippen MR) is 64.9 cm³/mol. The number of aliphatic carboxylic acids is 1. The van der Waals surface area contributed by atoms with Gasteiger partial charge in [0.2, 0.25) is 0 Å². The van der Waals surface area contributed by atoms with E-state index in [0.29, 0.717) is 0 Å². The summed E-state index contributed by atoms with van der Waals surface area (Å²) in [5.41, 5.74) is -1.36. The first-order valence-electron chi connectivity index (χ1n) is 5.72. The van der Waals surface area contributed by atoms with Gasteiger partial charge in [0.1, 0.15) is 5.75 Å². The van der Waals surface area contributed by atoms with Crippen molar-refractivity contribution in [1.29, 1.82) is 0 Å². The maximum atomic E-state index is 12.7. The number of benzene rings is 1. The minimum absolute atomic E-state index is 0.00363. The van der Waals surface area contributed by atoms with Crippen LogP contribution in [-0.4, -0.2) is 16.8 Å². The van der Waals surface area contributed by atoms with Crippen molar-refractivity contribution in [3.8, 4) is 5.75 Å². The summed E-state index contributed by atoms with van der Waals surface area (Å²) in [5.74, 6) is -1.20. The molecule has 1 aliphatic heterocycles. The van der Waals surface area contributed by atoms with Crippen molar-refractivity contribution in [3.05, 3.63) is 35.4 Å². The first kappa shape index (κ1) is 14.2. The Hall–Kier alpha value is -2.18. The molecule has 0 radical (unpaired) electrons. The molecule has 0 fully saturated rings. The van der Waals surface area contributed by atoms with Gasteiger partial charge in [-0.3, -0.25) is 0 Å². The molecule has 7 heteroatoms. The average Bonchev–Trinajstić information content (AvgIpc) is 2.24. The highest BCUT2D eigenvalue weighted by Crippen LogP contribution is 2.38. The summed E-state index contributed by atoms with van der Waals surface area (Å²) in [6.07, 6.45) is -3.58. The Morgan fingerprint density at radius 1 is 1.40 bits per heavy atom. The van der Waals surface area contributed by atoms with Crippen LogP contribution in [-0.2, 0) is 11.0 Å². The molecule has 4 nitrogen and oxygen atoms in total. The highest BCUT2D eigenvalue weighted by Gasteiger charge is 2.35. The maximum absolute atomic E-state index is 12.7. The minimum Gasteiger partial charge on any atom is -0.478 e. The third kappa shape index (κ3) is 2.87. The number of carboxylic acids is 1. The molecule has 2 N–H and O–H groups in total. The molecule has 0 unspecified atom stereocenters. The summed E-state index contributed by atoms with van der Waals surface area (Å²) in [7, 11) is 0. The molecule has 20 heavy (non-hydrogen) atoms. The van der Waals surface area contributed by atoms with E-state index in [2.05, 4.69) is 5.32 Å². The number of halogens is 3. The van der Waals surface area contributed by atoms with E-state index in [1.807, 2.05) is 0 Å². The second kappa shape index (κ2) is 4.43. The molecule has 0 amide bonds. The predicted octanol–water partition coefficient (Wildman–Crippen LogP) is 2.85. The van der Waals surface area contributed by atoms with Crippen LogP contribution in [0.5, 0.6) is 5.75 Å². The second-order valence-electron chi connectivity index (χ2n) is 4.84. The van der Waals surface area contributed by atoms with Crippen LogP contribution in [0.25, 0.3) is 5.70 Å². The normalized spacial score (nSPS) is 18.9. The molecule has 1 aromatic carbocycles.